The van der Waals surface area contributed by atoms with Gasteiger partial charge in [-0.25, -0.2) is 8.42 Å². The molecule has 2 aromatic carbocycles. The number of rotatable bonds is 4. The highest BCUT2D eigenvalue weighted by Crippen LogP contribution is 2.29. The molecule has 0 aliphatic heterocycles. The largest absolute Gasteiger partial charge is 0.285 e. The maximum absolute atomic E-state index is 12.3. The molecule has 0 heterocycles. The first kappa shape index (κ1) is 15.5. The minimum atomic E-state index is -3.79. The van der Waals surface area contributed by atoms with Gasteiger partial charge in [0.1, 0.15) is 0 Å². The number of aryl methyl sites for hydroxylation is 1. The number of benzene rings is 2. The van der Waals surface area contributed by atoms with Crippen molar-refractivity contribution in [1.29, 1.82) is 0 Å². The first-order valence-corrected chi connectivity index (χ1v) is 8.11. The third kappa shape index (κ3) is 3.40. The van der Waals surface area contributed by atoms with Gasteiger partial charge in [-0.2, -0.15) is 0 Å². The van der Waals surface area contributed by atoms with E-state index in [0.717, 1.165) is 0 Å². The van der Waals surface area contributed by atoms with Crippen LogP contribution in [-0.4, -0.2) is 13.3 Å². The third-order valence-corrected chi connectivity index (χ3v) is 4.99. The number of nitro benzene ring substituents is 1. The molecule has 0 fully saturated rings. The minimum absolute atomic E-state index is 0.133. The van der Waals surface area contributed by atoms with E-state index in [1.165, 1.54) is 24.3 Å². The van der Waals surface area contributed by atoms with Crippen LogP contribution in [0.4, 0.5) is 11.4 Å². The quantitative estimate of drug-likeness (QED) is 0.658. The van der Waals surface area contributed by atoms with Crippen molar-refractivity contribution in [2.45, 2.75) is 11.8 Å². The summed E-state index contributed by atoms with van der Waals surface area (Å²) in [6.45, 7) is 1.68. The van der Waals surface area contributed by atoms with Crippen molar-refractivity contribution in [3.05, 3.63) is 62.6 Å². The molecule has 6 nitrogen and oxygen atoms in total. The first-order valence-electron chi connectivity index (χ1n) is 5.83. The summed E-state index contributed by atoms with van der Waals surface area (Å²) in [7, 11) is -3.79. The fourth-order valence-corrected chi connectivity index (χ4v) is 3.47. The van der Waals surface area contributed by atoms with Crippen LogP contribution in [0.3, 0.4) is 0 Å². The zero-order chi connectivity index (χ0) is 15.6. The summed E-state index contributed by atoms with van der Waals surface area (Å²) in [6, 6.07) is 10.6. The van der Waals surface area contributed by atoms with Crippen molar-refractivity contribution in [2.75, 3.05) is 4.72 Å². The van der Waals surface area contributed by atoms with Crippen LogP contribution in [0.25, 0.3) is 0 Å². The number of anilines is 1. The molecule has 110 valence electrons. The summed E-state index contributed by atoms with van der Waals surface area (Å²) in [6.07, 6.45) is 0. The van der Waals surface area contributed by atoms with Gasteiger partial charge in [0, 0.05) is 6.07 Å². The number of hydrogen-bond donors (Lipinski definition) is 1. The summed E-state index contributed by atoms with van der Waals surface area (Å²) in [5.41, 5.74) is 0.518. The highest BCUT2D eigenvalue weighted by Gasteiger charge is 2.19. The Bertz CT molecular complexity index is 806. The average molecular weight is 371 g/mol. The summed E-state index contributed by atoms with van der Waals surface area (Å²) in [4.78, 5) is 10.4. The predicted octanol–water partition coefficient (Wildman–Crippen LogP) is 3.47. The molecule has 0 spiro atoms. The molecule has 0 radical (unpaired) electrons. The van der Waals surface area contributed by atoms with Gasteiger partial charge in [0.15, 0.2) is 0 Å². The van der Waals surface area contributed by atoms with Crippen LogP contribution in [0, 0.1) is 17.0 Å². The van der Waals surface area contributed by atoms with Crippen molar-refractivity contribution in [3.8, 4) is 0 Å². The van der Waals surface area contributed by atoms with Gasteiger partial charge in [0.05, 0.1) is 20.0 Å². The Kier molecular flexibility index (Phi) is 4.29. The molecule has 0 bridgehead atoms. The summed E-state index contributed by atoms with van der Waals surface area (Å²) in [5, 5.41) is 10.9. The molecule has 0 saturated heterocycles. The van der Waals surface area contributed by atoms with E-state index in [-0.39, 0.29) is 20.7 Å². The second-order valence-electron chi connectivity index (χ2n) is 4.29. The van der Waals surface area contributed by atoms with E-state index < -0.39 is 14.9 Å². The highest BCUT2D eigenvalue weighted by molar-refractivity contribution is 9.10. The normalized spacial score (nSPS) is 11.1. The highest BCUT2D eigenvalue weighted by atomic mass is 79.9. The van der Waals surface area contributed by atoms with E-state index >= 15 is 0 Å². The predicted molar refractivity (Wildman–Crippen MR) is 82.8 cm³/mol. The molecule has 0 atom stereocenters. The van der Waals surface area contributed by atoms with E-state index in [4.69, 9.17) is 0 Å². The molecule has 0 unspecified atom stereocenters. The standard InChI is InChI=1S/C13H11BrN2O4S/c1-9-4-2-3-5-13(9)21(19,20)15-10-6-7-11(14)12(8-10)16(17)18/h2-8,15H,1H3. The smallest absolute Gasteiger partial charge is 0.279 e. The molecular weight excluding hydrogens is 360 g/mol. The zero-order valence-electron chi connectivity index (χ0n) is 10.9. The Balaban J connectivity index is 2.40. The average Bonchev–Trinajstić information content (AvgIpc) is 2.40. The fraction of sp³-hybridized carbons (Fsp3) is 0.0769. The van der Waals surface area contributed by atoms with E-state index in [1.807, 2.05) is 0 Å². The number of hydrogen-bond acceptors (Lipinski definition) is 4. The fourth-order valence-electron chi connectivity index (χ4n) is 1.78. The van der Waals surface area contributed by atoms with Gasteiger partial charge in [-0.3, -0.25) is 14.8 Å². The second kappa shape index (κ2) is 5.82. The van der Waals surface area contributed by atoms with Crippen molar-refractivity contribution >= 4 is 37.3 Å². The second-order valence-corrected chi connectivity index (χ2v) is 6.80. The summed E-state index contributed by atoms with van der Waals surface area (Å²) in [5.74, 6) is 0. The maximum atomic E-state index is 12.3. The van der Waals surface area contributed by atoms with E-state index in [1.54, 1.807) is 25.1 Å². The lowest BCUT2D eigenvalue weighted by molar-refractivity contribution is -0.385. The van der Waals surface area contributed by atoms with Crippen LogP contribution >= 0.6 is 15.9 Å². The molecule has 8 heteroatoms. The van der Waals surface area contributed by atoms with Gasteiger partial charge < -0.3 is 0 Å². The summed E-state index contributed by atoms with van der Waals surface area (Å²) < 4.78 is 27.2. The Morgan fingerprint density at radius 2 is 1.86 bits per heavy atom. The molecule has 0 saturated carbocycles. The Labute approximate surface area is 130 Å². The van der Waals surface area contributed by atoms with Gasteiger partial charge >= 0.3 is 0 Å². The molecule has 0 aromatic heterocycles. The third-order valence-electron chi connectivity index (χ3n) is 2.78. The van der Waals surface area contributed by atoms with Gasteiger partial charge in [0.2, 0.25) is 0 Å². The first-order chi connectivity index (χ1) is 9.81. The number of nitrogens with one attached hydrogen (secondary N) is 1. The van der Waals surface area contributed by atoms with E-state index in [9.17, 15) is 18.5 Å². The topological polar surface area (TPSA) is 89.3 Å². The minimum Gasteiger partial charge on any atom is -0.279 e. The zero-order valence-corrected chi connectivity index (χ0v) is 13.3. The van der Waals surface area contributed by atoms with E-state index in [2.05, 4.69) is 20.7 Å². The Morgan fingerprint density at radius 1 is 1.19 bits per heavy atom. The van der Waals surface area contributed by atoms with Gasteiger partial charge in [-0.05, 0) is 46.6 Å². The van der Waals surface area contributed by atoms with E-state index in [0.29, 0.717) is 5.56 Å². The lowest BCUT2D eigenvalue weighted by Crippen LogP contribution is -2.14. The molecule has 0 aliphatic carbocycles. The molecule has 2 rings (SSSR count). The van der Waals surface area contributed by atoms with Gasteiger partial charge in [-0.1, -0.05) is 18.2 Å². The maximum Gasteiger partial charge on any atom is 0.285 e. The number of halogens is 1. The Morgan fingerprint density at radius 3 is 2.48 bits per heavy atom. The number of nitrogens with zero attached hydrogens (tertiary/aromatic N) is 1. The van der Waals surface area contributed by atoms with Crippen molar-refractivity contribution < 1.29 is 13.3 Å². The van der Waals surface area contributed by atoms with Crippen molar-refractivity contribution in [2.24, 2.45) is 0 Å². The number of sulfonamides is 1. The SMILES string of the molecule is Cc1ccccc1S(=O)(=O)Nc1ccc(Br)c([N+](=O)[O-])c1. The lowest BCUT2D eigenvalue weighted by atomic mass is 10.2. The van der Waals surface area contributed by atoms with Crippen LogP contribution < -0.4 is 4.72 Å². The Hall–Kier alpha value is -1.93. The van der Waals surface area contributed by atoms with Crippen molar-refractivity contribution in [1.82, 2.24) is 0 Å². The van der Waals surface area contributed by atoms with Gasteiger partial charge in [-0.15, -0.1) is 0 Å². The van der Waals surface area contributed by atoms with Crippen LogP contribution in [0.1, 0.15) is 5.56 Å². The molecule has 0 aliphatic rings. The molecule has 2 aromatic rings. The van der Waals surface area contributed by atoms with Crippen LogP contribution in [0.5, 0.6) is 0 Å². The monoisotopic (exact) mass is 370 g/mol. The van der Waals surface area contributed by atoms with Gasteiger partial charge in [0.25, 0.3) is 15.7 Å². The molecular formula is C13H11BrN2O4S. The van der Waals surface area contributed by atoms with Crippen LogP contribution in [-0.2, 0) is 10.0 Å². The van der Waals surface area contributed by atoms with Crippen molar-refractivity contribution in [3.63, 3.8) is 0 Å². The lowest BCUT2D eigenvalue weighted by Gasteiger charge is -2.10. The molecule has 21 heavy (non-hydrogen) atoms. The van der Waals surface area contributed by atoms with Crippen LogP contribution in [0.2, 0.25) is 0 Å². The molecule has 1 N–H and O–H groups in total. The van der Waals surface area contributed by atoms with Crippen LogP contribution in [0.15, 0.2) is 51.8 Å². The summed E-state index contributed by atoms with van der Waals surface area (Å²) >= 11 is 3.05. The molecule has 0 amide bonds. The number of nitro groups is 1.